The fourth-order valence-corrected chi connectivity index (χ4v) is 1.82. The van der Waals surface area contributed by atoms with E-state index >= 15 is 0 Å². The van der Waals surface area contributed by atoms with Gasteiger partial charge in [0.25, 0.3) is 0 Å². The van der Waals surface area contributed by atoms with Crippen LogP contribution in [0.15, 0.2) is 35.6 Å². The van der Waals surface area contributed by atoms with E-state index < -0.39 is 0 Å². The van der Waals surface area contributed by atoms with Gasteiger partial charge in [0, 0.05) is 11.5 Å². The van der Waals surface area contributed by atoms with Crippen molar-refractivity contribution in [2.24, 2.45) is 5.92 Å². The number of hydrogen-bond donors (Lipinski definition) is 0. The quantitative estimate of drug-likeness (QED) is 0.634. The molecule has 0 saturated carbocycles. The second-order valence-corrected chi connectivity index (χ2v) is 3.72. The fourth-order valence-electron chi connectivity index (χ4n) is 1.82. The Balaban J connectivity index is 2.27. The molecule has 1 fully saturated rings. The second kappa shape index (κ2) is 3.82. The van der Waals surface area contributed by atoms with Crippen LogP contribution in [0.5, 0.6) is 0 Å². The molecule has 74 valence electrons. The molecule has 0 N–H and O–H groups in total. The van der Waals surface area contributed by atoms with Crippen LogP contribution in [0, 0.1) is 5.92 Å². The van der Waals surface area contributed by atoms with Crippen LogP contribution < -0.4 is 0 Å². The minimum Gasteiger partial charge on any atom is -0.498 e. The number of rotatable bonds is 1. The normalized spacial score (nSPS) is 25.4. The Morgan fingerprint density at radius 2 is 2.36 bits per heavy atom. The highest BCUT2D eigenvalue weighted by atomic mass is 16.5. The van der Waals surface area contributed by atoms with E-state index in [9.17, 15) is 4.79 Å². The number of allylic oxidation sites excluding steroid dienone is 6. The van der Waals surface area contributed by atoms with E-state index in [0.29, 0.717) is 5.92 Å². The van der Waals surface area contributed by atoms with E-state index in [2.05, 4.69) is 6.08 Å². The first kappa shape index (κ1) is 9.25. The van der Waals surface area contributed by atoms with E-state index in [0.717, 1.165) is 30.8 Å². The number of hydrogen-bond acceptors (Lipinski definition) is 2. The lowest BCUT2D eigenvalue weighted by molar-refractivity contribution is -0.113. The third-order valence-corrected chi connectivity index (χ3v) is 2.69. The average Bonchev–Trinajstić information content (AvgIpc) is 2.51. The molecule has 1 unspecified atom stereocenters. The van der Waals surface area contributed by atoms with E-state index in [4.69, 9.17) is 4.74 Å². The second-order valence-electron chi connectivity index (χ2n) is 3.72. The summed E-state index contributed by atoms with van der Waals surface area (Å²) in [5, 5.41) is 0. The van der Waals surface area contributed by atoms with Crippen LogP contribution >= 0.6 is 0 Å². The van der Waals surface area contributed by atoms with Crippen LogP contribution in [0.2, 0.25) is 0 Å². The molecule has 1 aliphatic carbocycles. The van der Waals surface area contributed by atoms with Crippen molar-refractivity contribution in [2.75, 3.05) is 6.61 Å². The Morgan fingerprint density at radius 3 is 3.14 bits per heavy atom. The number of fused-ring (bicyclic) bond motifs is 1. The molecule has 2 heteroatoms. The lowest BCUT2D eigenvalue weighted by atomic mass is 9.97. The summed E-state index contributed by atoms with van der Waals surface area (Å²) in [6.07, 6.45) is 9.85. The molecular weight excluding hydrogens is 176 g/mol. The molecule has 0 aromatic heterocycles. The van der Waals surface area contributed by atoms with E-state index in [1.54, 1.807) is 6.92 Å². The number of ketones is 1. The summed E-state index contributed by atoms with van der Waals surface area (Å²) in [6.45, 7) is 2.40. The molecule has 0 aromatic rings. The zero-order chi connectivity index (χ0) is 9.97. The standard InChI is InChI=1S/C12H14O2/c1-9(13)10-3-2-4-11-7-8-14-12(11)6-5-10/h2-3,5-6,11H,4,7-8H2,1H3. The fraction of sp³-hybridized carbons (Fsp3) is 0.417. The molecule has 0 amide bonds. The van der Waals surface area contributed by atoms with Crippen molar-refractivity contribution in [1.29, 1.82) is 0 Å². The maximum atomic E-state index is 11.2. The topological polar surface area (TPSA) is 26.3 Å². The minimum atomic E-state index is 0.106. The van der Waals surface area contributed by atoms with Crippen LogP contribution in [-0.2, 0) is 9.53 Å². The van der Waals surface area contributed by atoms with Crippen molar-refractivity contribution in [3.63, 3.8) is 0 Å². The van der Waals surface area contributed by atoms with E-state index in [-0.39, 0.29) is 5.78 Å². The van der Waals surface area contributed by atoms with Gasteiger partial charge in [0.1, 0.15) is 0 Å². The van der Waals surface area contributed by atoms with Crippen molar-refractivity contribution < 1.29 is 9.53 Å². The summed E-state index contributed by atoms with van der Waals surface area (Å²) in [6, 6.07) is 0. The van der Waals surface area contributed by atoms with Crippen LogP contribution in [0.3, 0.4) is 0 Å². The van der Waals surface area contributed by atoms with Gasteiger partial charge >= 0.3 is 0 Å². The van der Waals surface area contributed by atoms with Gasteiger partial charge in [-0.15, -0.1) is 0 Å². The van der Waals surface area contributed by atoms with Gasteiger partial charge < -0.3 is 4.74 Å². The highest BCUT2D eigenvalue weighted by Gasteiger charge is 2.21. The molecule has 0 radical (unpaired) electrons. The number of ether oxygens (including phenoxy) is 1. The molecule has 1 atom stereocenters. The molecule has 0 bridgehead atoms. The van der Waals surface area contributed by atoms with Crippen LogP contribution in [0.1, 0.15) is 19.8 Å². The van der Waals surface area contributed by atoms with Gasteiger partial charge in [0.15, 0.2) is 5.78 Å². The van der Waals surface area contributed by atoms with Gasteiger partial charge in [-0.2, -0.15) is 0 Å². The number of Topliss-reactive ketones (excluding diaryl/α,β-unsaturated/α-hetero) is 1. The van der Waals surface area contributed by atoms with Crippen molar-refractivity contribution >= 4 is 5.78 Å². The largest absolute Gasteiger partial charge is 0.498 e. The minimum absolute atomic E-state index is 0.106. The Hall–Kier alpha value is -1.31. The van der Waals surface area contributed by atoms with Crippen molar-refractivity contribution in [3.05, 3.63) is 35.6 Å². The van der Waals surface area contributed by atoms with Crippen molar-refractivity contribution in [3.8, 4) is 0 Å². The lowest BCUT2D eigenvalue weighted by Gasteiger charge is -2.08. The molecule has 1 saturated heterocycles. The summed E-state index contributed by atoms with van der Waals surface area (Å²) in [5.74, 6) is 1.67. The van der Waals surface area contributed by atoms with Crippen LogP contribution in [0.25, 0.3) is 0 Å². The van der Waals surface area contributed by atoms with Gasteiger partial charge in [-0.05, 0) is 31.9 Å². The molecule has 0 aromatic carbocycles. The maximum Gasteiger partial charge on any atom is 0.159 e. The Labute approximate surface area is 83.9 Å². The summed E-state index contributed by atoms with van der Waals surface area (Å²) >= 11 is 0. The summed E-state index contributed by atoms with van der Waals surface area (Å²) in [4.78, 5) is 11.2. The zero-order valence-electron chi connectivity index (χ0n) is 8.32. The molecule has 2 nitrogen and oxygen atoms in total. The van der Waals surface area contributed by atoms with Crippen molar-refractivity contribution in [1.82, 2.24) is 0 Å². The molecule has 2 rings (SSSR count). The first-order chi connectivity index (χ1) is 6.77. The molecule has 2 aliphatic rings. The van der Waals surface area contributed by atoms with Crippen molar-refractivity contribution in [2.45, 2.75) is 19.8 Å². The molecule has 14 heavy (non-hydrogen) atoms. The highest BCUT2D eigenvalue weighted by molar-refractivity contribution is 5.96. The van der Waals surface area contributed by atoms with Gasteiger partial charge in [0.05, 0.1) is 12.4 Å². The molecular formula is C12H14O2. The summed E-state index contributed by atoms with van der Waals surface area (Å²) < 4.78 is 5.49. The highest BCUT2D eigenvalue weighted by Crippen LogP contribution is 2.29. The van der Waals surface area contributed by atoms with E-state index in [1.807, 2.05) is 18.2 Å². The number of carbonyl (C=O) groups is 1. The Morgan fingerprint density at radius 1 is 1.50 bits per heavy atom. The first-order valence-corrected chi connectivity index (χ1v) is 4.99. The molecule has 1 aliphatic heterocycles. The maximum absolute atomic E-state index is 11.2. The SMILES string of the molecule is CC(=O)C1=CC=C2OCCC2CC=C1. The smallest absolute Gasteiger partial charge is 0.159 e. The van der Waals surface area contributed by atoms with E-state index in [1.165, 1.54) is 0 Å². The lowest BCUT2D eigenvalue weighted by Crippen LogP contribution is -1.99. The molecule has 1 heterocycles. The van der Waals surface area contributed by atoms with Crippen LogP contribution in [-0.4, -0.2) is 12.4 Å². The van der Waals surface area contributed by atoms with Gasteiger partial charge in [-0.25, -0.2) is 0 Å². The predicted molar refractivity (Wildman–Crippen MR) is 54.7 cm³/mol. The Kier molecular flexibility index (Phi) is 2.53. The van der Waals surface area contributed by atoms with Gasteiger partial charge in [-0.1, -0.05) is 12.2 Å². The van der Waals surface area contributed by atoms with Gasteiger partial charge in [0.2, 0.25) is 0 Å². The Bertz CT molecular complexity index is 334. The third kappa shape index (κ3) is 1.79. The van der Waals surface area contributed by atoms with Gasteiger partial charge in [-0.3, -0.25) is 4.79 Å². The van der Waals surface area contributed by atoms with Crippen LogP contribution in [0.4, 0.5) is 0 Å². The predicted octanol–water partition coefficient (Wildman–Crippen LogP) is 2.38. The molecule has 0 spiro atoms. The monoisotopic (exact) mass is 190 g/mol. The third-order valence-electron chi connectivity index (χ3n) is 2.69. The zero-order valence-corrected chi connectivity index (χ0v) is 8.32. The average molecular weight is 190 g/mol. The number of carbonyl (C=O) groups excluding carboxylic acids is 1. The first-order valence-electron chi connectivity index (χ1n) is 4.99. The summed E-state index contributed by atoms with van der Waals surface area (Å²) in [7, 11) is 0. The summed E-state index contributed by atoms with van der Waals surface area (Å²) in [5.41, 5.74) is 0.756.